The first-order valence-corrected chi connectivity index (χ1v) is 11.6. The molecule has 1 saturated heterocycles. The number of aromatic nitrogens is 2. The molecule has 0 amide bonds. The summed E-state index contributed by atoms with van der Waals surface area (Å²) in [5, 5.41) is 0.628. The van der Waals surface area contributed by atoms with Crippen LogP contribution in [-0.4, -0.2) is 23.2 Å². The van der Waals surface area contributed by atoms with Crippen molar-refractivity contribution in [1.29, 1.82) is 0 Å². The van der Waals surface area contributed by atoms with Gasteiger partial charge in [0.15, 0.2) is 6.29 Å². The van der Waals surface area contributed by atoms with Crippen molar-refractivity contribution in [1.82, 2.24) is 9.97 Å². The van der Waals surface area contributed by atoms with E-state index in [1.165, 1.54) is 23.0 Å². The summed E-state index contributed by atoms with van der Waals surface area (Å²) in [7, 11) is 0. The molecule has 0 N–H and O–H groups in total. The Hall–Kier alpha value is -2.93. The summed E-state index contributed by atoms with van der Waals surface area (Å²) in [6.45, 7) is 1.25. The summed E-state index contributed by atoms with van der Waals surface area (Å²) in [5.41, 5.74) is 4.15. The quantitative estimate of drug-likeness (QED) is 0.336. The molecule has 4 aromatic rings. The van der Waals surface area contributed by atoms with E-state index in [0.29, 0.717) is 29.3 Å². The van der Waals surface area contributed by atoms with Crippen LogP contribution in [0, 0.1) is 5.82 Å². The molecule has 32 heavy (non-hydrogen) atoms. The van der Waals surface area contributed by atoms with Gasteiger partial charge in [0, 0.05) is 16.8 Å². The predicted octanol–water partition coefficient (Wildman–Crippen LogP) is 6.58. The van der Waals surface area contributed by atoms with Crippen LogP contribution >= 0.6 is 11.3 Å². The highest BCUT2D eigenvalue weighted by Crippen LogP contribution is 2.33. The van der Waals surface area contributed by atoms with Crippen LogP contribution < -0.4 is 0 Å². The number of thiazole rings is 1. The molecular formula is C26H23FN2O2S. The maximum Gasteiger partial charge on any atom is 0.183 e. The van der Waals surface area contributed by atoms with E-state index in [4.69, 9.17) is 14.5 Å². The minimum Gasteiger partial charge on any atom is -0.348 e. The topological polar surface area (TPSA) is 44.2 Å². The average Bonchev–Trinajstić information content (AvgIpc) is 3.26. The molecule has 0 aliphatic carbocycles. The fourth-order valence-corrected chi connectivity index (χ4v) is 4.64. The molecule has 3 heterocycles. The smallest absolute Gasteiger partial charge is 0.183 e. The molecule has 2 aromatic carbocycles. The molecule has 0 radical (unpaired) electrons. The Morgan fingerprint density at radius 1 is 1.00 bits per heavy atom. The van der Waals surface area contributed by atoms with Crippen molar-refractivity contribution in [3.8, 4) is 10.6 Å². The zero-order chi connectivity index (χ0) is 21.8. The minimum atomic E-state index is -0.497. The Labute approximate surface area is 190 Å². The molecule has 0 bridgehead atoms. The van der Waals surface area contributed by atoms with Gasteiger partial charge in [-0.25, -0.2) is 14.4 Å². The van der Waals surface area contributed by atoms with Crippen molar-refractivity contribution in [2.75, 3.05) is 13.2 Å². The maximum absolute atomic E-state index is 14.9. The van der Waals surface area contributed by atoms with Crippen molar-refractivity contribution in [2.24, 2.45) is 0 Å². The lowest BCUT2D eigenvalue weighted by atomic mass is 10.1. The number of allylic oxidation sites excluding steroid dienone is 1. The van der Waals surface area contributed by atoms with Crippen molar-refractivity contribution in [2.45, 2.75) is 25.6 Å². The first kappa shape index (κ1) is 20.9. The number of fused-ring (bicyclic) bond motifs is 1. The van der Waals surface area contributed by atoms with Crippen LogP contribution in [0.4, 0.5) is 4.39 Å². The number of rotatable bonds is 6. The number of aryl methyl sites for hydroxylation is 1. The van der Waals surface area contributed by atoms with Gasteiger partial charge in [-0.05, 0) is 49.1 Å². The van der Waals surface area contributed by atoms with Gasteiger partial charge >= 0.3 is 0 Å². The Morgan fingerprint density at radius 3 is 2.66 bits per heavy atom. The summed E-state index contributed by atoms with van der Waals surface area (Å²) >= 11 is 1.41. The van der Waals surface area contributed by atoms with Gasteiger partial charge in [0.2, 0.25) is 0 Å². The van der Waals surface area contributed by atoms with Crippen LogP contribution in [0.15, 0.2) is 66.7 Å². The summed E-state index contributed by atoms with van der Waals surface area (Å²) in [4.78, 5) is 10.2. The lowest BCUT2D eigenvalue weighted by Gasteiger charge is -2.23. The Bertz CT molecular complexity index is 1230. The van der Waals surface area contributed by atoms with Crippen LogP contribution in [-0.2, 0) is 15.9 Å². The standard InChI is InChI=1S/C26H23FN2O2S/c27-22-17-19(26-30-15-6-16-31-26)11-13-21(22)24-29-23-14-12-20(28-25(23)32-24)10-5-4-9-18-7-2-1-3-8-18/h1-4,7-9,11-14,17,26H,5-6,10,15-16H2. The number of hydrogen-bond donors (Lipinski definition) is 0. The molecule has 1 aliphatic rings. The maximum atomic E-state index is 14.9. The molecule has 162 valence electrons. The SMILES string of the molecule is Fc1cc(C2OCCCO2)ccc1-c1nc2ccc(CCC=Cc3ccccc3)nc2s1. The third-order valence-corrected chi connectivity index (χ3v) is 6.31. The molecule has 0 atom stereocenters. The molecule has 1 fully saturated rings. The van der Waals surface area contributed by atoms with Crippen LogP contribution in [0.25, 0.3) is 27.0 Å². The third-order valence-electron chi connectivity index (χ3n) is 5.31. The van der Waals surface area contributed by atoms with E-state index in [9.17, 15) is 4.39 Å². The van der Waals surface area contributed by atoms with Crippen LogP contribution in [0.2, 0.25) is 0 Å². The van der Waals surface area contributed by atoms with Crippen LogP contribution in [0.1, 0.15) is 36.0 Å². The highest BCUT2D eigenvalue weighted by molar-refractivity contribution is 7.21. The molecule has 0 saturated carbocycles. The number of benzene rings is 2. The first-order valence-electron chi connectivity index (χ1n) is 10.8. The van der Waals surface area contributed by atoms with E-state index in [1.54, 1.807) is 6.07 Å². The van der Waals surface area contributed by atoms with Gasteiger partial charge in [0.1, 0.15) is 21.2 Å². The first-order chi connectivity index (χ1) is 15.8. The van der Waals surface area contributed by atoms with Gasteiger partial charge < -0.3 is 9.47 Å². The third kappa shape index (κ3) is 4.78. The highest BCUT2D eigenvalue weighted by Gasteiger charge is 2.19. The van der Waals surface area contributed by atoms with Gasteiger partial charge in [-0.3, -0.25) is 0 Å². The van der Waals surface area contributed by atoms with Crippen LogP contribution in [0.5, 0.6) is 0 Å². The van der Waals surface area contributed by atoms with Gasteiger partial charge in [-0.1, -0.05) is 59.9 Å². The average molecular weight is 447 g/mol. The zero-order valence-corrected chi connectivity index (χ0v) is 18.4. The largest absolute Gasteiger partial charge is 0.348 e. The highest BCUT2D eigenvalue weighted by atomic mass is 32.1. The second-order valence-electron chi connectivity index (χ2n) is 7.66. The summed E-state index contributed by atoms with van der Waals surface area (Å²) in [5.74, 6) is -0.328. The van der Waals surface area contributed by atoms with Crippen molar-refractivity contribution in [3.05, 3.63) is 89.4 Å². The monoisotopic (exact) mass is 446 g/mol. The van der Waals surface area contributed by atoms with Gasteiger partial charge in [-0.15, -0.1) is 0 Å². The number of pyridine rings is 1. The second-order valence-corrected chi connectivity index (χ2v) is 8.64. The van der Waals surface area contributed by atoms with E-state index in [0.717, 1.165) is 35.3 Å². The van der Waals surface area contributed by atoms with E-state index < -0.39 is 6.29 Å². The minimum absolute atomic E-state index is 0.328. The molecule has 0 spiro atoms. The lowest BCUT2D eigenvalue weighted by Crippen LogP contribution is -2.17. The molecule has 4 nitrogen and oxygen atoms in total. The molecule has 0 unspecified atom stereocenters. The van der Waals surface area contributed by atoms with E-state index in [-0.39, 0.29) is 5.82 Å². The van der Waals surface area contributed by atoms with Crippen molar-refractivity contribution in [3.63, 3.8) is 0 Å². The summed E-state index contributed by atoms with van der Waals surface area (Å²) in [6.07, 6.45) is 6.40. The molecular weight excluding hydrogens is 423 g/mol. The predicted molar refractivity (Wildman–Crippen MR) is 126 cm³/mol. The normalized spacial score (nSPS) is 15.0. The summed E-state index contributed by atoms with van der Waals surface area (Å²) < 4.78 is 26.0. The molecule has 6 heteroatoms. The van der Waals surface area contributed by atoms with E-state index in [1.807, 2.05) is 36.4 Å². The Kier molecular flexibility index (Phi) is 6.34. The Balaban J connectivity index is 1.30. The Morgan fingerprint density at radius 2 is 1.84 bits per heavy atom. The van der Waals surface area contributed by atoms with Gasteiger partial charge in [-0.2, -0.15) is 0 Å². The number of hydrogen-bond acceptors (Lipinski definition) is 5. The number of halogens is 1. The molecule has 2 aromatic heterocycles. The van der Waals surface area contributed by atoms with E-state index >= 15 is 0 Å². The number of nitrogens with zero attached hydrogens (tertiary/aromatic N) is 2. The molecule has 5 rings (SSSR count). The van der Waals surface area contributed by atoms with Crippen LogP contribution in [0.3, 0.4) is 0 Å². The number of ether oxygens (including phenoxy) is 2. The van der Waals surface area contributed by atoms with Crippen molar-refractivity contribution >= 4 is 27.8 Å². The fraction of sp³-hybridized carbons (Fsp3) is 0.231. The van der Waals surface area contributed by atoms with Crippen molar-refractivity contribution < 1.29 is 13.9 Å². The lowest BCUT2D eigenvalue weighted by molar-refractivity contribution is -0.183. The second kappa shape index (κ2) is 9.69. The zero-order valence-electron chi connectivity index (χ0n) is 17.5. The fourth-order valence-electron chi connectivity index (χ4n) is 3.66. The van der Waals surface area contributed by atoms with Gasteiger partial charge in [0.05, 0.1) is 13.2 Å². The van der Waals surface area contributed by atoms with E-state index in [2.05, 4.69) is 29.3 Å². The summed E-state index contributed by atoms with van der Waals surface area (Å²) in [6, 6.07) is 19.3. The van der Waals surface area contributed by atoms with Gasteiger partial charge in [0.25, 0.3) is 0 Å². The molecule has 1 aliphatic heterocycles.